The molecule has 0 saturated heterocycles. The van der Waals surface area contributed by atoms with Crippen molar-refractivity contribution < 1.29 is 14.6 Å². The van der Waals surface area contributed by atoms with E-state index in [1.807, 2.05) is 42.5 Å². The summed E-state index contributed by atoms with van der Waals surface area (Å²) in [5, 5.41) is 12.6. The summed E-state index contributed by atoms with van der Waals surface area (Å²) in [6, 6.07) is 22.5. The molecule has 0 heterocycles. The zero-order valence-electron chi connectivity index (χ0n) is 17.6. The maximum atomic E-state index is 10.8. The minimum Gasteiger partial charge on any atom is -0.507 e. The summed E-state index contributed by atoms with van der Waals surface area (Å²) in [4.78, 5) is 0. The van der Waals surface area contributed by atoms with Crippen LogP contribution in [-0.4, -0.2) is 19.3 Å². The molecule has 3 nitrogen and oxygen atoms in total. The average Bonchev–Trinajstić information content (AvgIpc) is 3.00. The lowest BCUT2D eigenvalue weighted by atomic mass is 9.81. The number of hydrogen-bond donors (Lipinski definition) is 1. The first-order chi connectivity index (χ1) is 14.5. The second-order valence-corrected chi connectivity index (χ2v) is 8.32. The third kappa shape index (κ3) is 2.51. The second kappa shape index (κ2) is 6.53. The van der Waals surface area contributed by atoms with Crippen molar-refractivity contribution >= 4 is 10.8 Å². The van der Waals surface area contributed by atoms with Crippen LogP contribution in [-0.2, 0) is 5.41 Å². The van der Waals surface area contributed by atoms with Gasteiger partial charge in [0, 0.05) is 16.4 Å². The molecule has 4 aromatic rings. The van der Waals surface area contributed by atoms with Gasteiger partial charge < -0.3 is 14.6 Å². The maximum absolute atomic E-state index is 10.8. The van der Waals surface area contributed by atoms with Gasteiger partial charge in [-0.15, -0.1) is 0 Å². The molecule has 0 unspecified atom stereocenters. The van der Waals surface area contributed by atoms with Gasteiger partial charge in [0.1, 0.15) is 17.2 Å². The Labute approximate surface area is 176 Å². The standard InChI is InChI=1S/C27H24O3/c1-27(2)22-13-16(18-7-5-6-8-25(18)30-4)9-11-20(22)26-21-14-17(29-3)10-12-19(21)24(28)15-23(26)27/h5-15,28H,1-4H3. The Morgan fingerprint density at radius 3 is 2.30 bits per heavy atom. The van der Waals surface area contributed by atoms with Crippen LogP contribution in [0.25, 0.3) is 33.0 Å². The van der Waals surface area contributed by atoms with Gasteiger partial charge in [-0.3, -0.25) is 0 Å². The predicted molar refractivity (Wildman–Crippen MR) is 122 cm³/mol. The predicted octanol–water partition coefficient (Wildman–Crippen LogP) is 6.54. The summed E-state index contributed by atoms with van der Waals surface area (Å²) >= 11 is 0. The van der Waals surface area contributed by atoms with Crippen molar-refractivity contribution in [2.45, 2.75) is 19.3 Å². The topological polar surface area (TPSA) is 38.7 Å². The molecule has 0 bridgehead atoms. The SMILES string of the molecule is COc1ccc2c(O)cc3c(c2c1)-c1ccc(-c2ccccc2OC)cc1C3(C)C. The molecule has 1 aliphatic carbocycles. The summed E-state index contributed by atoms with van der Waals surface area (Å²) in [5.74, 6) is 1.95. The van der Waals surface area contributed by atoms with Gasteiger partial charge in [0.05, 0.1) is 14.2 Å². The van der Waals surface area contributed by atoms with Crippen molar-refractivity contribution in [1.82, 2.24) is 0 Å². The van der Waals surface area contributed by atoms with Crippen LogP contribution in [0.15, 0.2) is 66.7 Å². The van der Waals surface area contributed by atoms with E-state index in [1.165, 1.54) is 16.7 Å². The second-order valence-electron chi connectivity index (χ2n) is 8.32. The van der Waals surface area contributed by atoms with Crippen LogP contribution in [0.4, 0.5) is 0 Å². The number of fused-ring (bicyclic) bond motifs is 5. The molecule has 30 heavy (non-hydrogen) atoms. The third-order valence-corrected chi connectivity index (χ3v) is 6.38. The molecule has 0 aromatic heterocycles. The molecule has 3 heteroatoms. The Morgan fingerprint density at radius 2 is 1.53 bits per heavy atom. The number of rotatable bonds is 3. The van der Waals surface area contributed by atoms with Gasteiger partial charge in [0.25, 0.3) is 0 Å². The maximum Gasteiger partial charge on any atom is 0.126 e. The summed E-state index contributed by atoms with van der Waals surface area (Å²) in [6.07, 6.45) is 0. The normalized spacial score (nSPS) is 13.7. The van der Waals surface area contributed by atoms with Gasteiger partial charge in [0.2, 0.25) is 0 Å². The fraction of sp³-hybridized carbons (Fsp3) is 0.185. The Balaban J connectivity index is 1.80. The van der Waals surface area contributed by atoms with Crippen LogP contribution >= 0.6 is 0 Å². The Hall–Kier alpha value is -3.46. The van der Waals surface area contributed by atoms with Crippen molar-refractivity contribution in [1.29, 1.82) is 0 Å². The molecule has 0 saturated carbocycles. The first kappa shape index (κ1) is 18.6. The number of hydrogen-bond acceptors (Lipinski definition) is 3. The Kier molecular flexibility index (Phi) is 4.04. The number of benzene rings is 4. The largest absolute Gasteiger partial charge is 0.507 e. The van der Waals surface area contributed by atoms with Crippen molar-refractivity contribution in [2.24, 2.45) is 0 Å². The van der Waals surface area contributed by atoms with E-state index in [2.05, 4.69) is 38.1 Å². The molecule has 4 aromatic carbocycles. The van der Waals surface area contributed by atoms with Crippen LogP contribution in [0.1, 0.15) is 25.0 Å². The fourth-order valence-electron chi connectivity index (χ4n) is 4.77. The van der Waals surface area contributed by atoms with E-state index in [9.17, 15) is 5.11 Å². The summed E-state index contributed by atoms with van der Waals surface area (Å²) in [6.45, 7) is 4.43. The highest BCUT2D eigenvalue weighted by Crippen LogP contribution is 2.54. The van der Waals surface area contributed by atoms with E-state index in [4.69, 9.17) is 9.47 Å². The molecular weight excluding hydrogens is 372 g/mol. The molecule has 0 fully saturated rings. The minimum atomic E-state index is -0.239. The molecule has 0 aliphatic heterocycles. The minimum absolute atomic E-state index is 0.239. The van der Waals surface area contributed by atoms with Crippen molar-refractivity contribution in [3.8, 4) is 39.5 Å². The quantitative estimate of drug-likeness (QED) is 0.427. The lowest BCUT2D eigenvalue weighted by Gasteiger charge is -2.22. The summed E-state index contributed by atoms with van der Waals surface area (Å²) in [7, 11) is 3.37. The molecule has 5 rings (SSSR count). The fourth-order valence-corrected chi connectivity index (χ4v) is 4.77. The van der Waals surface area contributed by atoms with Gasteiger partial charge in [-0.2, -0.15) is 0 Å². The smallest absolute Gasteiger partial charge is 0.126 e. The number of para-hydroxylation sites is 1. The molecule has 150 valence electrons. The summed E-state index contributed by atoms with van der Waals surface area (Å²) < 4.78 is 11.1. The zero-order chi connectivity index (χ0) is 21.0. The molecule has 1 aliphatic rings. The van der Waals surface area contributed by atoms with Crippen molar-refractivity contribution in [3.63, 3.8) is 0 Å². The van der Waals surface area contributed by atoms with Crippen LogP contribution in [0.3, 0.4) is 0 Å². The number of aromatic hydroxyl groups is 1. The number of methoxy groups -OCH3 is 2. The molecule has 1 N–H and O–H groups in total. The lowest BCUT2D eigenvalue weighted by molar-refractivity contribution is 0.415. The van der Waals surface area contributed by atoms with Crippen LogP contribution in [0.2, 0.25) is 0 Å². The van der Waals surface area contributed by atoms with E-state index < -0.39 is 0 Å². The van der Waals surface area contributed by atoms with Gasteiger partial charge >= 0.3 is 0 Å². The van der Waals surface area contributed by atoms with Gasteiger partial charge in [-0.1, -0.05) is 44.2 Å². The Morgan fingerprint density at radius 1 is 0.733 bits per heavy atom. The first-order valence-electron chi connectivity index (χ1n) is 10.1. The van der Waals surface area contributed by atoms with Crippen molar-refractivity contribution in [3.05, 3.63) is 77.9 Å². The summed E-state index contributed by atoms with van der Waals surface area (Å²) in [5.41, 5.74) is 6.71. The molecular formula is C27H24O3. The first-order valence-corrected chi connectivity index (χ1v) is 10.1. The number of phenolic OH excluding ortho intramolecular Hbond substituents is 1. The molecule has 0 radical (unpaired) electrons. The number of ether oxygens (including phenoxy) is 2. The third-order valence-electron chi connectivity index (χ3n) is 6.38. The highest BCUT2D eigenvalue weighted by atomic mass is 16.5. The van der Waals surface area contributed by atoms with E-state index in [0.29, 0.717) is 5.75 Å². The van der Waals surface area contributed by atoms with Gasteiger partial charge in [-0.25, -0.2) is 0 Å². The number of phenols is 1. The monoisotopic (exact) mass is 396 g/mol. The zero-order valence-corrected chi connectivity index (χ0v) is 17.6. The van der Waals surface area contributed by atoms with Gasteiger partial charge in [0.15, 0.2) is 0 Å². The highest BCUT2D eigenvalue weighted by Gasteiger charge is 2.37. The highest BCUT2D eigenvalue weighted by molar-refractivity contribution is 6.06. The van der Waals surface area contributed by atoms with E-state index >= 15 is 0 Å². The van der Waals surface area contributed by atoms with Crippen LogP contribution in [0, 0.1) is 0 Å². The molecule has 0 amide bonds. The average molecular weight is 396 g/mol. The van der Waals surface area contributed by atoms with E-state index in [0.717, 1.165) is 39.0 Å². The van der Waals surface area contributed by atoms with E-state index in [-0.39, 0.29) is 5.41 Å². The molecule has 0 spiro atoms. The molecule has 0 atom stereocenters. The van der Waals surface area contributed by atoms with Crippen molar-refractivity contribution in [2.75, 3.05) is 14.2 Å². The van der Waals surface area contributed by atoms with Crippen LogP contribution < -0.4 is 9.47 Å². The van der Waals surface area contributed by atoms with Gasteiger partial charge in [-0.05, 0) is 69.6 Å². The lowest BCUT2D eigenvalue weighted by Crippen LogP contribution is -2.15. The Bertz CT molecular complexity index is 1300. The van der Waals surface area contributed by atoms with E-state index in [1.54, 1.807) is 14.2 Å². The van der Waals surface area contributed by atoms with Crippen LogP contribution in [0.5, 0.6) is 17.2 Å².